The molecule has 0 atom stereocenters. The molecule has 32 heavy (non-hydrogen) atoms. The topological polar surface area (TPSA) is 42.7 Å². The van der Waals surface area contributed by atoms with Crippen LogP contribution in [-0.2, 0) is 6.18 Å². The highest BCUT2D eigenvalue weighted by molar-refractivity contribution is 5.69. The van der Waals surface area contributed by atoms with E-state index in [9.17, 15) is 13.2 Å². The number of rotatable bonds is 4. The van der Waals surface area contributed by atoms with E-state index in [1.54, 1.807) is 47.3 Å². The van der Waals surface area contributed by atoms with E-state index in [-0.39, 0.29) is 17.2 Å². The van der Waals surface area contributed by atoms with Crippen LogP contribution in [0.4, 0.5) is 18.9 Å². The van der Waals surface area contributed by atoms with E-state index < -0.39 is 11.7 Å². The van der Waals surface area contributed by atoms with Crippen LogP contribution in [-0.4, -0.2) is 27.5 Å². The Labute approximate surface area is 183 Å². The van der Waals surface area contributed by atoms with Gasteiger partial charge in [-0.25, -0.2) is 9.97 Å². The minimum atomic E-state index is -4.56. The second-order valence-electron chi connectivity index (χ2n) is 7.77. The Bertz CT molecular complexity index is 1250. The molecular weight excluding hydrogens is 417 g/mol. The highest BCUT2D eigenvalue weighted by Gasteiger charge is 2.35. The van der Waals surface area contributed by atoms with Crippen LogP contribution in [0.2, 0.25) is 0 Å². The summed E-state index contributed by atoms with van der Waals surface area (Å²) in [5, 5.41) is 0. The van der Waals surface area contributed by atoms with Gasteiger partial charge in [0.1, 0.15) is 11.4 Å². The first-order valence-electron chi connectivity index (χ1n) is 10.5. The molecule has 1 saturated heterocycles. The van der Waals surface area contributed by atoms with Gasteiger partial charge in [0, 0.05) is 49.0 Å². The van der Waals surface area contributed by atoms with Gasteiger partial charge in [-0.05, 0) is 55.7 Å². The van der Waals surface area contributed by atoms with E-state index in [0.29, 0.717) is 11.3 Å². The van der Waals surface area contributed by atoms with Crippen LogP contribution < -0.4 is 9.64 Å². The third-order valence-corrected chi connectivity index (χ3v) is 5.66. The summed E-state index contributed by atoms with van der Waals surface area (Å²) >= 11 is 0. The summed E-state index contributed by atoms with van der Waals surface area (Å²) in [5.41, 5.74) is 1.24. The number of hydrogen-bond acceptors (Lipinski definition) is 4. The fourth-order valence-electron chi connectivity index (χ4n) is 4.14. The lowest BCUT2D eigenvalue weighted by Crippen LogP contribution is -2.29. The van der Waals surface area contributed by atoms with Crippen molar-refractivity contribution >= 4 is 11.3 Å². The summed E-state index contributed by atoms with van der Waals surface area (Å²) in [6.07, 6.45) is 3.73. The number of hydrogen-bond donors (Lipinski definition) is 0. The van der Waals surface area contributed by atoms with Crippen molar-refractivity contribution < 1.29 is 17.9 Å². The number of benzene rings is 1. The second-order valence-corrected chi connectivity index (χ2v) is 7.77. The molecule has 0 amide bonds. The fraction of sp³-hybridized carbons (Fsp3) is 0.250. The van der Waals surface area contributed by atoms with Crippen molar-refractivity contribution in [2.24, 2.45) is 0 Å². The van der Waals surface area contributed by atoms with E-state index >= 15 is 0 Å². The zero-order chi connectivity index (χ0) is 22.1. The number of nitrogens with zero attached hydrogens (tertiary/aromatic N) is 4. The van der Waals surface area contributed by atoms with Gasteiger partial charge < -0.3 is 9.64 Å². The number of alkyl halides is 3. The molecule has 0 unspecified atom stereocenters. The second kappa shape index (κ2) is 8.18. The van der Waals surface area contributed by atoms with Crippen molar-refractivity contribution in [2.75, 3.05) is 18.0 Å². The number of imidazole rings is 1. The molecule has 0 saturated carbocycles. The van der Waals surface area contributed by atoms with Crippen LogP contribution >= 0.6 is 0 Å². The highest BCUT2D eigenvalue weighted by atomic mass is 19.4. The van der Waals surface area contributed by atoms with Gasteiger partial charge >= 0.3 is 6.18 Å². The van der Waals surface area contributed by atoms with Crippen LogP contribution in [0.5, 0.6) is 11.6 Å². The Morgan fingerprint density at radius 1 is 0.875 bits per heavy atom. The van der Waals surface area contributed by atoms with Crippen molar-refractivity contribution in [3.8, 4) is 22.9 Å². The molecule has 1 fully saturated rings. The molecule has 4 heterocycles. The predicted octanol–water partition coefficient (Wildman–Crippen LogP) is 6.20. The summed E-state index contributed by atoms with van der Waals surface area (Å²) in [6, 6.07) is 12.8. The lowest BCUT2D eigenvalue weighted by molar-refractivity contribution is -0.137. The standard InChI is InChI=1S/C24H21F3N4O/c25-24(26,27)20-16-18(7-8-19(20)21-5-4-6-22-28-11-14-31(21)22)32-23-15-17(9-10-29-23)30-12-2-1-3-13-30/h4-11,14-16H,1-3,12-13H2. The van der Waals surface area contributed by atoms with Crippen LogP contribution in [0.25, 0.3) is 16.9 Å². The molecule has 3 aromatic heterocycles. The molecule has 4 aromatic rings. The summed E-state index contributed by atoms with van der Waals surface area (Å²) in [5.74, 6) is 0.354. The highest BCUT2D eigenvalue weighted by Crippen LogP contribution is 2.40. The van der Waals surface area contributed by atoms with E-state index in [2.05, 4.69) is 14.9 Å². The lowest BCUT2D eigenvalue weighted by Gasteiger charge is -2.28. The molecule has 5 rings (SSSR count). The normalized spacial score (nSPS) is 14.7. The van der Waals surface area contributed by atoms with E-state index in [4.69, 9.17) is 4.74 Å². The summed E-state index contributed by atoms with van der Waals surface area (Å²) in [6.45, 7) is 1.91. The maximum Gasteiger partial charge on any atom is 0.417 e. The Morgan fingerprint density at radius 3 is 2.53 bits per heavy atom. The Hall–Kier alpha value is -3.55. The van der Waals surface area contributed by atoms with Gasteiger partial charge in [-0.2, -0.15) is 13.2 Å². The van der Waals surface area contributed by atoms with Gasteiger partial charge in [0.15, 0.2) is 0 Å². The minimum Gasteiger partial charge on any atom is -0.439 e. The maximum absolute atomic E-state index is 14.0. The first-order valence-corrected chi connectivity index (χ1v) is 10.5. The van der Waals surface area contributed by atoms with Crippen LogP contribution in [0.3, 0.4) is 0 Å². The molecule has 5 nitrogen and oxygen atoms in total. The number of aromatic nitrogens is 3. The maximum atomic E-state index is 14.0. The Kier molecular flexibility index (Phi) is 5.20. The number of pyridine rings is 2. The molecule has 164 valence electrons. The van der Waals surface area contributed by atoms with Crippen LogP contribution in [0.1, 0.15) is 24.8 Å². The molecular formula is C24H21F3N4O. The average molecular weight is 438 g/mol. The molecule has 1 aliphatic rings. The largest absolute Gasteiger partial charge is 0.439 e. The average Bonchev–Trinajstić information content (AvgIpc) is 3.28. The van der Waals surface area contributed by atoms with Crippen LogP contribution in [0, 0.1) is 0 Å². The van der Waals surface area contributed by atoms with Gasteiger partial charge in [-0.1, -0.05) is 6.07 Å². The van der Waals surface area contributed by atoms with Crippen LogP contribution in [0.15, 0.2) is 67.1 Å². The number of halogens is 3. The van der Waals surface area contributed by atoms with Crippen molar-refractivity contribution in [3.63, 3.8) is 0 Å². The molecule has 0 spiro atoms. The third kappa shape index (κ3) is 4.00. The molecule has 0 bridgehead atoms. The molecule has 1 aliphatic heterocycles. The van der Waals surface area contributed by atoms with E-state index in [0.717, 1.165) is 37.7 Å². The van der Waals surface area contributed by atoms with E-state index in [1.165, 1.54) is 18.6 Å². The molecule has 0 N–H and O–H groups in total. The molecule has 8 heteroatoms. The summed E-state index contributed by atoms with van der Waals surface area (Å²) in [7, 11) is 0. The smallest absolute Gasteiger partial charge is 0.417 e. The minimum absolute atomic E-state index is 0.0588. The van der Waals surface area contributed by atoms with Gasteiger partial charge in [0.2, 0.25) is 5.88 Å². The van der Waals surface area contributed by atoms with E-state index in [1.807, 2.05) is 6.07 Å². The Balaban J connectivity index is 1.49. The molecule has 0 aliphatic carbocycles. The summed E-state index contributed by atoms with van der Waals surface area (Å²) < 4.78 is 49.3. The van der Waals surface area contributed by atoms with Crippen molar-refractivity contribution in [1.82, 2.24) is 14.4 Å². The molecule has 1 aromatic carbocycles. The molecule has 0 radical (unpaired) electrons. The Morgan fingerprint density at radius 2 is 1.72 bits per heavy atom. The lowest BCUT2D eigenvalue weighted by atomic mass is 10.0. The number of fused-ring (bicyclic) bond motifs is 1. The number of anilines is 1. The monoisotopic (exact) mass is 438 g/mol. The van der Waals surface area contributed by atoms with Gasteiger partial charge in [0.05, 0.1) is 11.3 Å². The van der Waals surface area contributed by atoms with Gasteiger partial charge in [-0.3, -0.25) is 4.40 Å². The summed E-state index contributed by atoms with van der Waals surface area (Å²) in [4.78, 5) is 10.6. The first-order chi connectivity index (χ1) is 15.5. The SMILES string of the molecule is FC(F)(F)c1cc(Oc2cc(N3CCCCC3)ccn2)ccc1-c1cccc2nccn12. The van der Waals surface area contributed by atoms with Crippen molar-refractivity contribution in [2.45, 2.75) is 25.4 Å². The van der Waals surface area contributed by atoms with Crippen molar-refractivity contribution in [3.05, 3.63) is 72.7 Å². The zero-order valence-corrected chi connectivity index (χ0v) is 17.2. The van der Waals surface area contributed by atoms with Gasteiger partial charge in [-0.15, -0.1) is 0 Å². The third-order valence-electron chi connectivity index (χ3n) is 5.66. The van der Waals surface area contributed by atoms with Crippen molar-refractivity contribution in [1.29, 1.82) is 0 Å². The predicted molar refractivity (Wildman–Crippen MR) is 116 cm³/mol. The van der Waals surface area contributed by atoms with Gasteiger partial charge in [0.25, 0.3) is 0 Å². The number of piperidine rings is 1. The fourth-order valence-corrected chi connectivity index (χ4v) is 4.14. The zero-order valence-electron chi connectivity index (χ0n) is 17.2. The number of ether oxygens (including phenoxy) is 1. The first kappa shape index (κ1) is 20.4. The quantitative estimate of drug-likeness (QED) is 0.381.